The van der Waals surface area contributed by atoms with E-state index >= 15 is 0 Å². The normalized spacial score (nSPS) is 25.8. The maximum absolute atomic E-state index is 14.0. The van der Waals surface area contributed by atoms with E-state index in [-0.39, 0.29) is 53.0 Å². The molecule has 40 heavy (non-hydrogen) atoms. The van der Waals surface area contributed by atoms with Crippen LogP contribution in [0.1, 0.15) is 31.2 Å². The zero-order chi connectivity index (χ0) is 28.5. The largest absolute Gasteiger partial charge is 0.504 e. The first-order chi connectivity index (χ1) is 19.1. The lowest BCUT2D eigenvalue weighted by Gasteiger charge is -2.42. The minimum Gasteiger partial charge on any atom is -0.504 e. The highest BCUT2D eigenvalue weighted by molar-refractivity contribution is 6.58. The van der Waals surface area contributed by atoms with Crippen molar-refractivity contribution in [3.05, 3.63) is 82.5 Å². The van der Waals surface area contributed by atoms with Crippen LogP contribution in [-0.2, 0) is 19.2 Å². The number of Topliss-reactive ketones (excluding diaryl/α,β-unsaturated/α-hetero) is 1. The number of rotatable bonds is 4. The van der Waals surface area contributed by atoms with Gasteiger partial charge in [0, 0.05) is 22.6 Å². The van der Waals surface area contributed by atoms with Crippen LogP contribution in [0, 0.1) is 17.8 Å². The van der Waals surface area contributed by atoms with Crippen LogP contribution in [0.2, 0.25) is 0 Å². The molecule has 6 rings (SSSR count). The Balaban J connectivity index is 1.47. The van der Waals surface area contributed by atoms with Gasteiger partial charge in [0.2, 0.25) is 11.8 Å². The molecule has 0 radical (unpaired) electrons. The number of imide groups is 1. The second kappa shape index (κ2) is 9.43. The molecule has 0 bridgehead atoms. The smallest absolute Gasteiger partial charge is 0.488 e. The zero-order valence-electron chi connectivity index (χ0n) is 21.8. The fourth-order valence-corrected chi connectivity index (χ4v) is 6.69. The standard InChI is InChI=1S/C30H26BNO8/c1-14-10-23(34)21-13-20-18(25(27(21)28(14)35)15-6-9-22(33)24(11-15)40-2)7-8-19-26(20)30(37)32(29(19)36)17-5-3-4-16(12-17)31(38)39/h3-7,9-12,19-20,25-26,33,38-39H,8,13H2,1-2H3/t19-,20+,25-,26-/m0/s1. The molecular weight excluding hydrogens is 513 g/mol. The van der Waals surface area contributed by atoms with Crippen LogP contribution in [0.5, 0.6) is 11.5 Å². The molecule has 0 spiro atoms. The Morgan fingerprint density at radius 3 is 2.50 bits per heavy atom. The molecule has 4 atom stereocenters. The highest BCUT2D eigenvalue weighted by Gasteiger charge is 2.56. The van der Waals surface area contributed by atoms with Gasteiger partial charge >= 0.3 is 7.12 Å². The van der Waals surface area contributed by atoms with Crippen molar-refractivity contribution in [1.82, 2.24) is 0 Å². The van der Waals surface area contributed by atoms with Crippen molar-refractivity contribution in [3.63, 3.8) is 0 Å². The summed E-state index contributed by atoms with van der Waals surface area (Å²) in [5, 5.41) is 29.4. The van der Waals surface area contributed by atoms with Crippen molar-refractivity contribution >= 4 is 41.6 Å². The summed E-state index contributed by atoms with van der Waals surface area (Å²) in [6.45, 7) is 1.60. The fraction of sp³-hybridized carbons (Fsp3) is 0.267. The molecule has 1 aliphatic heterocycles. The second-order valence-corrected chi connectivity index (χ2v) is 10.6. The number of hydrogen-bond acceptors (Lipinski definition) is 8. The quantitative estimate of drug-likeness (QED) is 0.231. The van der Waals surface area contributed by atoms with E-state index in [1.165, 1.54) is 31.4 Å². The highest BCUT2D eigenvalue weighted by Crippen LogP contribution is 2.55. The van der Waals surface area contributed by atoms with Gasteiger partial charge in [0.15, 0.2) is 23.1 Å². The van der Waals surface area contributed by atoms with Gasteiger partial charge in [-0.15, -0.1) is 0 Å². The molecule has 9 nitrogen and oxygen atoms in total. The van der Waals surface area contributed by atoms with Crippen LogP contribution in [0.4, 0.5) is 5.69 Å². The molecular formula is C30H26BNO8. The number of aromatic hydroxyl groups is 1. The molecule has 3 aliphatic carbocycles. The molecule has 0 aromatic heterocycles. The van der Waals surface area contributed by atoms with E-state index < -0.39 is 36.7 Å². The van der Waals surface area contributed by atoms with Crippen molar-refractivity contribution in [2.75, 3.05) is 12.0 Å². The average molecular weight is 539 g/mol. The number of carbonyl (C=O) groups is 4. The number of ketones is 2. The Hall–Kier alpha value is -4.28. The van der Waals surface area contributed by atoms with Gasteiger partial charge in [0.25, 0.3) is 0 Å². The number of amides is 2. The maximum atomic E-state index is 14.0. The van der Waals surface area contributed by atoms with Crippen molar-refractivity contribution in [2.45, 2.75) is 25.7 Å². The fourth-order valence-electron chi connectivity index (χ4n) is 6.69. The molecule has 0 saturated carbocycles. The van der Waals surface area contributed by atoms with Crippen LogP contribution in [0.15, 0.2) is 76.9 Å². The van der Waals surface area contributed by atoms with Gasteiger partial charge in [-0.05, 0) is 67.1 Å². The van der Waals surface area contributed by atoms with Crippen LogP contribution in [0.25, 0.3) is 0 Å². The van der Waals surface area contributed by atoms with Gasteiger partial charge < -0.3 is 19.9 Å². The predicted molar refractivity (Wildman–Crippen MR) is 145 cm³/mol. The first-order valence-electron chi connectivity index (χ1n) is 13.0. The molecule has 4 aliphatic rings. The van der Waals surface area contributed by atoms with Crippen LogP contribution < -0.4 is 15.1 Å². The molecule has 1 saturated heterocycles. The van der Waals surface area contributed by atoms with Crippen molar-refractivity contribution < 1.29 is 39.1 Å². The van der Waals surface area contributed by atoms with Crippen molar-refractivity contribution in [1.29, 1.82) is 0 Å². The summed E-state index contributed by atoms with van der Waals surface area (Å²) in [6.07, 6.45) is 3.65. The number of hydrogen-bond donors (Lipinski definition) is 3. The molecule has 2 amide bonds. The molecule has 2 aromatic rings. The van der Waals surface area contributed by atoms with E-state index in [1.807, 2.05) is 6.08 Å². The van der Waals surface area contributed by atoms with E-state index in [0.717, 1.165) is 10.5 Å². The Bertz CT molecular complexity index is 1600. The Morgan fingerprint density at radius 2 is 1.77 bits per heavy atom. The molecule has 0 unspecified atom stereocenters. The number of ether oxygens (including phenoxy) is 1. The van der Waals surface area contributed by atoms with E-state index in [0.29, 0.717) is 22.3 Å². The third kappa shape index (κ3) is 3.78. The topological polar surface area (TPSA) is 141 Å². The number of anilines is 1. The van der Waals surface area contributed by atoms with Gasteiger partial charge in [-0.1, -0.05) is 29.8 Å². The number of benzene rings is 2. The van der Waals surface area contributed by atoms with E-state index in [4.69, 9.17) is 4.74 Å². The number of nitrogens with zero attached hydrogens (tertiary/aromatic N) is 1. The summed E-state index contributed by atoms with van der Waals surface area (Å²) >= 11 is 0. The first kappa shape index (κ1) is 26.0. The Kier molecular flexibility index (Phi) is 6.12. The molecule has 10 heteroatoms. The van der Waals surface area contributed by atoms with E-state index in [1.54, 1.807) is 31.2 Å². The minimum absolute atomic E-state index is 0.0740. The molecule has 1 fully saturated rings. The van der Waals surface area contributed by atoms with Gasteiger partial charge in [0.1, 0.15) is 0 Å². The third-order valence-electron chi connectivity index (χ3n) is 8.53. The molecule has 202 valence electrons. The molecule has 3 N–H and O–H groups in total. The number of fused-ring (bicyclic) bond motifs is 3. The monoisotopic (exact) mass is 539 g/mol. The lowest BCUT2D eigenvalue weighted by molar-refractivity contribution is -0.123. The number of phenols is 1. The zero-order valence-corrected chi connectivity index (χ0v) is 21.8. The maximum Gasteiger partial charge on any atom is 0.488 e. The SMILES string of the molecule is COc1cc([C@H]2C3=CC[C@@H]4C(=O)N(c5cccc(B(O)O)c5)C(=O)[C@@H]4[C@@H]3CC3=C2C(=O)C(C)=CC3=O)ccc1O. The number of allylic oxidation sites excluding steroid dienone is 6. The highest BCUT2D eigenvalue weighted by atomic mass is 16.5. The summed E-state index contributed by atoms with van der Waals surface area (Å²) in [7, 11) is -0.344. The third-order valence-corrected chi connectivity index (χ3v) is 8.53. The average Bonchev–Trinajstić information content (AvgIpc) is 3.20. The van der Waals surface area contributed by atoms with Crippen LogP contribution >= 0.6 is 0 Å². The van der Waals surface area contributed by atoms with E-state index in [2.05, 4.69) is 0 Å². The molecule has 2 aromatic carbocycles. The molecule has 1 heterocycles. The summed E-state index contributed by atoms with van der Waals surface area (Å²) in [5.41, 5.74) is 2.83. The minimum atomic E-state index is -1.76. The summed E-state index contributed by atoms with van der Waals surface area (Å²) in [5.74, 6) is -3.81. The van der Waals surface area contributed by atoms with Crippen LogP contribution in [-0.4, -0.2) is 52.8 Å². The van der Waals surface area contributed by atoms with Gasteiger partial charge in [-0.3, -0.25) is 24.1 Å². The number of methoxy groups -OCH3 is 1. The Morgan fingerprint density at radius 1 is 1.00 bits per heavy atom. The Labute approximate surface area is 230 Å². The van der Waals surface area contributed by atoms with Crippen LogP contribution in [0.3, 0.4) is 0 Å². The van der Waals surface area contributed by atoms with Gasteiger partial charge in [0.05, 0.1) is 24.6 Å². The van der Waals surface area contributed by atoms with Gasteiger partial charge in [-0.25, -0.2) is 0 Å². The first-order valence-corrected chi connectivity index (χ1v) is 13.0. The second-order valence-electron chi connectivity index (χ2n) is 10.6. The summed E-state index contributed by atoms with van der Waals surface area (Å²) in [6, 6.07) is 10.8. The number of phenolic OH excluding ortho intramolecular Hbond substituents is 1. The van der Waals surface area contributed by atoms with Gasteiger partial charge in [-0.2, -0.15) is 0 Å². The predicted octanol–water partition coefficient (Wildman–Crippen LogP) is 1.71. The number of carbonyl (C=O) groups excluding carboxylic acids is 4. The van der Waals surface area contributed by atoms with E-state index in [9.17, 15) is 34.3 Å². The lowest BCUT2D eigenvalue weighted by atomic mass is 9.59. The van der Waals surface area contributed by atoms with Crippen molar-refractivity contribution in [2.24, 2.45) is 17.8 Å². The lowest BCUT2D eigenvalue weighted by Crippen LogP contribution is -2.40. The summed E-state index contributed by atoms with van der Waals surface area (Å²) in [4.78, 5) is 55.4. The van der Waals surface area contributed by atoms with Crippen molar-refractivity contribution in [3.8, 4) is 11.5 Å². The summed E-state index contributed by atoms with van der Waals surface area (Å²) < 4.78 is 5.32.